The predicted molar refractivity (Wildman–Crippen MR) is 169 cm³/mol. The summed E-state index contributed by atoms with van der Waals surface area (Å²) in [5.41, 5.74) is 14.3. The first kappa shape index (κ1) is 33.3. The van der Waals surface area contributed by atoms with Crippen LogP contribution in [-0.2, 0) is 38.7 Å². The van der Waals surface area contributed by atoms with Gasteiger partial charge in [0.05, 0.1) is 25.2 Å². The number of aromatic nitrogens is 2. The molecule has 0 radical (unpaired) electrons. The van der Waals surface area contributed by atoms with E-state index in [0.29, 0.717) is 29.4 Å². The molecule has 11 nitrogen and oxygen atoms in total. The van der Waals surface area contributed by atoms with Crippen LogP contribution in [0, 0.1) is 0 Å². The summed E-state index contributed by atoms with van der Waals surface area (Å²) in [4.78, 5) is 24.6. The van der Waals surface area contributed by atoms with E-state index in [1.807, 2.05) is 30.3 Å². The molecule has 0 fully saturated rings. The number of amides is 2. The van der Waals surface area contributed by atoms with Crippen molar-refractivity contribution in [2.24, 2.45) is 11.5 Å². The predicted octanol–water partition coefficient (Wildman–Crippen LogP) is 3.25. The molecular formula is C30H38N6O5S2. The second kappa shape index (κ2) is 17.0. The van der Waals surface area contributed by atoms with E-state index in [1.54, 1.807) is 36.4 Å². The van der Waals surface area contributed by atoms with Crippen LogP contribution in [0.5, 0.6) is 5.75 Å². The van der Waals surface area contributed by atoms with Crippen LogP contribution in [-0.4, -0.2) is 49.0 Å². The average Bonchev–Trinajstić information content (AvgIpc) is 3.39. The number of benzene rings is 2. The minimum atomic E-state index is -3.03. The normalized spacial score (nSPS) is 12.1. The first-order valence-electron chi connectivity index (χ1n) is 13.8. The van der Waals surface area contributed by atoms with Gasteiger partial charge in [-0.2, -0.15) is 0 Å². The maximum absolute atomic E-state index is 12.4. The molecule has 3 rings (SSSR count). The van der Waals surface area contributed by atoms with Crippen LogP contribution in [0.25, 0.3) is 0 Å². The minimum Gasteiger partial charge on any atom is -0.494 e. The number of aryl methyl sites for hydroxylation is 1. The lowest BCUT2D eigenvalue weighted by Crippen LogP contribution is -2.28. The van der Waals surface area contributed by atoms with E-state index >= 15 is 0 Å². The van der Waals surface area contributed by atoms with Crippen molar-refractivity contribution in [2.75, 3.05) is 23.9 Å². The highest BCUT2D eigenvalue weighted by atomic mass is 32.2. The molecule has 0 saturated carbocycles. The highest BCUT2D eigenvalue weighted by molar-refractivity contribution is 7.90. The Morgan fingerprint density at radius 1 is 0.930 bits per heavy atom. The van der Waals surface area contributed by atoms with E-state index in [4.69, 9.17) is 16.2 Å². The molecule has 0 bridgehead atoms. The standard InChI is InChI=1S/C30H38N6O5S2/c1-43(39,40)18-8-17-41-25-13-7-11-23(19-25)21-27(37)33-26(32)16-15-24(31)12-5-6-14-29-35-36-30(42-29)34-28(38)20-22-9-3-2-4-10-22/h2-4,7,9-11,13,15-16,19H,5-6,8,12,14,17-18,20-21,31-32H2,1H3,(H,33,37)(H,34,36,38)/b24-15-,26-16+. The summed E-state index contributed by atoms with van der Waals surface area (Å²) < 4.78 is 28.0. The summed E-state index contributed by atoms with van der Waals surface area (Å²) in [6.45, 7) is 0.268. The third-order valence-corrected chi connectivity index (χ3v) is 7.91. The Hall–Kier alpha value is -4.23. The maximum atomic E-state index is 12.4. The molecule has 0 unspecified atom stereocenters. The van der Waals surface area contributed by atoms with Gasteiger partial charge in [0.15, 0.2) is 0 Å². The number of nitrogens with zero attached hydrogens (tertiary/aromatic N) is 2. The number of carbonyl (C=O) groups excluding carboxylic acids is 2. The van der Waals surface area contributed by atoms with Crippen LogP contribution < -0.4 is 26.8 Å². The van der Waals surface area contributed by atoms with Gasteiger partial charge in [0, 0.05) is 18.4 Å². The van der Waals surface area contributed by atoms with E-state index < -0.39 is 9.84 Å². The van der Waals surface area contributed by atoms with Gasteiger partial charge in [-0.25, -0.2) is 8.42 Å². The number of hydrogen-bond acceptors (Lipinski definition) is 10. The zero-order valence-corrected chi connectivity index (χ0v) is 25.8. The van der Waals surface area contributed by atoms with Gasteiger partial charge in [-0.05, 0) is 61.1 Å². The Kier molecular flexibility index (Phi) is 13.2. The SMILES string of the molecule is CS(=O)(=O)CCCOc1cccc(CC(=O)N/C(N)=C/C=C(\N)CCCCc2nnc(NC(=O)Cc3ccccc3)s2)c1. The Morgan fingerprint density at radius 2 is 1.67 bits per heavy atom. The van der Waals surface area contributed by atoms with Gasteiger partial charge in [-0.1, -0.05) is 53.8 Å². The zero-order chi connectivity index (χ0) is 31.1. The fraction of sp³-hybridized carbons (Fsp3) is 0.333. The molecule has 1 aromatic heterocycles. The Balaban J connectivity index is 1.33. The van der Waals surface area contributed by atoms with Crippen molar-refractivity contribution in [1.82, 2.24) is 15.5 Å². The molecular weight excluding hydrogens is 589 g/mol. The average molecular weight is 627 g/mol. The second-order valence-corrected chi connectivity index (χ2v) is 13.3. The second-order valence-electron chi connectivity index (χ2n) is 9.99. The van der Waals surface area contributed by atoms with Gasteiger partial charge in [0.25, 0.3) is 0 Å². The van der Waals surface area contributed by atoms with E-state index in [2.05, 4.69) is 20.8 Å². The van der Waals surface area contributed by atoms with Gasteiger partial charge >= 0.3 is 0 Å². The summed E-state index contributed by atoms with van der Waals surface area (Å²) in [5, 5.41) is 15.0. The first-order valence-corrected chi connectivity index (χ1v) is 16.7. The highest BCUT2D eigenvalue weighted by Crippen LogP contribution is 2.18. The van der Waals surface area contributed by atoms with E-state index in [-0.39, 0.29) is 42.8 Å². The molecule has 43 heavy (non-hydrogen) atoms. The molecule has 0 aliphatic rings. The van der Waals surface area contributed by atoms with Crippen LogP contribution in [0.4, 0.5) is 5.13 Å². The van der Waals surface area contributed by atoms with Crippen LogP contribution in [0.1, 0.15) is 41.8 Å². The summed E-state index contributed by atoms with van der Waals surface area (Å²) in [5.74, 6) is 0.382. The molecule has 230 valence electrons. The number of rotatable bonds is 17. The molecule has 13 heteroatoms. The van der Waals surface area contributed by atoms with E-state index in [9.17, 15) is 18.0 Å². The fourth-order valence-corrected chi connectivity index (χ4v) is 5.36. The number of carbonyl (C=O) groups is 2. The monoisotopic (exact) mass is 626 g/mol. The number of anilines is 1. The third-order valence-electron chi connectivity index (χ3n) is 5.98. The number of allylic oxidation sites excluding steroid dienone is 3. The molecule has 0 atom stereocenters. The zero-order valence-electron chi connectivity index (χ0n) is 24.1. The number of sulfone groups is 1. The lowest BCUT2D eigenvalue weighted by atomic mass is 10.1. The molecule has 3 aromatic rings. The highest BCUT2D eigenvalue weighted by Gasteiger charge is 2.10. The van der Waals surface area contributed by atoms with Gasteiger partial charge < -0.3 is 26.8 Å². The molecule has 2 aromatic carbocycles. The summed E-state index contributed by atoms with van der Waals surface area (Å²) in [6.07, 6.45) is 8.23. The summed E-state index contributed by atoms with van der Waals surface area (Å²) >= 11 is 1.36. The molecule has 0 spiro atoms. The lowest BCUT2D eigenvalue weighted by molar-refractivity contribution is -0.119. The Labute approximate surface area is 256 Å². The first-order chi connectivity index (χ1) is 20.6. The largest absolute Gasteiger partial charge is 0.494 e. The van der Waals surface area contributed by atoms with Crippen LogP contribution in [0.2, 0.25) is 0 Å². The van der Waals surface area contributed by atoms with Crippen molar-refractivity contribution in [1.29, 1.82) is 0 Å². The maximum Gasteiger partial charge on any atom is 0.230 e. The quantitative estimate of drug-likeness (QED) is 0.129. The Morgan fingerprint density at radius 3 is 2.44 bits per heavy atom. The molecule has 6 N–H and O–H groups in total. The van der Waals surface area contributed by atoms with E-state index in [0.717, 1.165) is 35.4 Å². The molecule has 0 aliphatic heterocycles. The summed E-state index contributed by atoms with van der Waals surface area (Å²) in [6, 6.07) is 16.6. The smallest absolute Gasteiger partial charge is 0.230 e. The Bertz CT molecular complexity index is 1520. The van der Waals surface area contributed by atoms with Crippen molar-refractivity contribution in [3.8, 4) is 5.75 Å². The number of nitrogens with two attached hydrogens (primary N) is 2. The van der Waals surface area contributed by atoms with Gasteiger partial charge in [-0.15, -0.1) is 10.2 Å². The summed E-state index contributed by atoms with van der Waals surface area (Å²) in [7, 11) is -3.03. The third kappa shape index (κ3) is 14.0. The van der Waals surface area contributed by atoms with Crippen molar-refractivity contribution < 1.29 is 22.7 Å². The van der Waals surface area contributed by atoms with Gasteiger partial charge in [-0.3, -0.25) is 9.59 Å². The van der Waals surface area contributed by atoms with Crippen LogP contribution in [0.15, 0.2) is 78.3 Å². The van der Waals surface area contributed by atoms with E-state index in [1.165, 1.54) is 17.6 Å². The van der Waals surface area contributed by atoms with Crippen molar-refractivity contribution in [3.05, 3.63) is 94.4 Å². The number of ether oxygens (including phenoxy) is 1. The fourth-order valence-electron chi connectivity index (χ4n) is 3.92. The van der Waals surface area contributed by atoms with Crippen LogP contribution in [0.3, 0.4) is 0 Å². The van der Waals surface area contributed by atoms with Crippen molar-refractivity contribution >= 4 is 38.1 Å². The van der Waals surface area contributed by atoms with Gasteiger partial charge in [0.1, 0.15) is 26.4 Å². The number of unbranched alkanes of at least 4 members (excludes halogenated alkanes) is 1. The van der Waals surface area contributed by atoms with Crippen molar-refractivity contribution in [3.63, 3.8) is 0 Å². The lowest BCUT2D eigenvalue weighted by Gasteiger charge is -2.09. The number of hydrogen-bond donors (Lipinski definition) is 4. The molecule has 0 saturated heterocycles. The molecule has 0 aliphatic carbocycles. The topological polar surface area (TPSA) is 179 Å². The minimum absolute atomic E-state index is 0.0585. The van der Waals surface area contributed by atoms with Gasteiger partial charge in [0.2, 0.25) is 16.9 Å². The molecule has 1 heterocycles. The molecule has 2 amide bonds. The van der Waals surface area contributed by atoms with Crippen LogP contribution >= 0.6 is 11.3 Å². The number of nitrogens with one attached hydrogen (secondary N) is 2. The van der Waals surface area contributed by atoms with Crippen molar-refractivity contribution in [2.45, 2.75) is 44.9 Å².